The van der Waals surface area contributed by atoms with E-state index in [0.29, 0.717) is 32.8 Å². The number of carbonyl (C=O) groups is 1. The summed E-state index contributed by atoms with van der Waals surface area (Å²) in [5, 5.41) is 4.56. The largest absolute Gasteiger partial charge is 0.379 e. The minimum Gasteiger partial charge on any atom is -0.379 e. The molecule has 2 aliphatic heterocycles. The molecule has 1 aromatic heterocycles. The molecule has 9 heteroatoms. The lowest BCUT2D eigenvalue weighted by molar-refractivity contribution is 0.0204. The number of amides is 1. The Bertz CT molecular complexity index is 692. The van der Waals surface area contributed by atoms with Gasteiger partial charge in [0.15, 0.2) is 0 Å². The summed E-state index contributed by atoms with van der Waals surface area (Å²) in [4.78, 5) is 15.2. The molecule has 0 radical (unpaired) electrons. The zero-order chi connectivity index (χ0) is 17.9. The zero-order valence-electron chi connectivity index (χ0n) is 14.4. The molecule has 1 unspecified atom stereocenters. The number of sulfonamides is 1. The Labute approximate surface area is 153 Å². The number of rotatable bonds is 6. The molecule has 2 fully saturated rings. The summed E-state index contributed by atoms with van der Waals surface area (Å²) in [6, 6.07) is 1.73. The molecule has 0 aliphatic carbocycles. The Kier molecular flexibility index (Phi) is 6.11. The summed E-state index contributed by atoms with van der Waals surface area (Å²) in [6.45, 7) is 6.74. The van der Waals surface area contributed by atoms with Crippen LogP contribution in [0.4, 0.5) is 0 Å². The second kappa shape index (κ2) is 8.13. The summed E-state index contributed by atoms with van der Waals surface area (Å²) in [6.07, 6.45) is 1.75. The van der Waals surface area contributed by atoms with E-state index in [1.807, 2.05) is 0 Å². The lowest BCUT2D eigenvalue weighted by Gasteiger charge is -2.32. The molecule has 0 spiro atoms. The first-order valence-corrected chi connectivity index (χ1v) is 11.0. The molecule has 0 saturated carbocycles. The predicted molar refractivity (Wildman–Crippen MR) is 96.5 cm³/mol. The van der Waals surface area contributed by atoms with Gasteiger partial charge in [-0.2, -0.15) is 4.31 Å². The number of hydrogen-bond acceptors (Lipinski definition) is 6. The Morgan fingerprint density at radius 3 is 2.64 bits per heavy atom. The molecule has 140 valence electrons. The highest BCUT2D eigenvalue weighted by Crippen LogP contribution is 2.27. The molecule has 7 nitrogen and oxygen atoms in total. The zero-order valence-corrected chi connectivity index (χ0v) is 16.1. The predicted octanol–water partition coefficient (Wildman–Crippen LogP) is 0.983. The van der Waals surface area contributed by atoms with Gasteiger partial charge < -0.3 is 10.1 Å². The van der Waals surface area contributed by atoms with Crippen LogP contribution in [0.25, 0.3) is 0 Å². The molecule has 0 bridgehead atoms. The van der Waals surface area contributed by atoms with E-state index in [-0.39, 0.29) is 21.7 Å². The Morgan fingerprint density at radius 1 is 1.28 bits per heavy atom. The van der Waals surface area contributed by atoms with Crippen LogP contribution in [0.15, 0.2) is 16.3 Å². The van der Waals surface area contributed by atoms with E-state index in [4.69, 9.17) is 4.74 Å². The number of nitrogens with one attached hydrogen (secondary N) is 1. The highest BCUT2D eigenvalue weighted by molar-refractivity contribution is 7.89. The summed E-state index contributed by atoms with van der Waals surface area (Å²) in [5.74, 6) is -0.312. The second-order valence-electron chi connectivity index (χ2n) is 6.43. The molecule has 1 aromatic rings. The van der Waals surface area contributed by atoms with Crippen LogP contribution in [0.1, 0.15) is 29.4 Å². The van der Waals surface area contributed by atoms with Gasteiger partial charge >= 0.3 is 0 Å². The summed E-state index contributed by atoms with van der Waals surface area (Å²) in [5.41, 5.74) is 0. The number of nitrogens with zero attached hydrogens (tertiary/aromatic N) is 2. The minimum atomic E-state index is -3.57. The Morgan fingerprint density at radius 2 is 1.96 bits per heavy atom. The first-order valence-electron chi connectivity index (χ1n) is 8.68. The third kappa shape index (κ3) is 4.22. The van der Waals surface area contributed by atoms with E-state index in [2.05, 4.69) is 17.1 Å². The van der Waals surface area contributed by atoms with E-state index >= 15 is 0 Å². The van der Waals surface area contributed by atoms with E-state index in [1.54, 1.807) is 11.4 Å². The van der Waals surface area contributed by atoms with Crippen LogP contribution in [0.2, 0.25) is 0 Å². The van der Waals surface area contributed by atoms with Crippen molar-refractivity contribution in [2.45, 2.75) is 30.7 Å². The van der Waals surface area contributed by atoms with Gasteiger partial charge in [-0.3, -0.25) is 9.69 Å². The number of hydrogen-bond donors (Lipinski definition) is 1. The molecular weight excluding hydrogens is 362 g/mol. The van der Waals surface area contributed by atoms with Gasteiger partial charge in [-0.15, -0.1) is 11.3 Å². The minimum absolute atomic E-state index is 0.135. The molecule has 1 N–H and O–H groups in total. The van der Waals surface area contributed by atoms with E-state index in [9.17, 15) is 13.2 Å². The third-order valence-electron chi connectivity index (χ3n) is 4.75. The summed E-state index contributed by atoms with van der Waals surface area (Å²) >= 11 is 1.18. The molecule has 0 aromatic carbocycles. The van der Waals surface area contributed by atoms with E-state index in [1.165, 1.54) is 15.6 Å². The Hall–Kier alpha value is -1.00. The van der Waals surface area contributed by atoms with Crippen molar-refractivity contribution in [3.05, 3.63) is 16.3 Å². The number of carbonyl (C=O) groups excluding carboxylic acids is 1. The molecule has 3 heterocycles. The van der Waals surface area contributed by atoms with Crippen LogP contribution < -0.4 is 5.32 Å². The lowest BCUT2D eigenvalue weighted by Crippen LogP contribution is -2.47. The molecule has 1 amide bonds. The smallest absolute Gasteiger partial charge is 0.262 e. The second-order valence-corrected chi connectivity index (χ2v) is 9.26. The van der Waals surface area contributed by atoms with Gasteiger partial charge in [0, 0.05) is 38.8 Å². The van der Waals surface area contributed by atoms with Gasteiger partial charge in [0.05, 0.1) is 13.2 Å². The SMILES string of the molecule is CC(CNC(=O)c1sccc1S(=O)(=O)N1CCCC1)N1CCOCC1. The van der Waals surface area contributed by atoms with Crippen molar-refractivity contribution in [3.8, 4) is 0 Å². The van der Waals surface area contributed by atoms with Crippen LogP contribution in [0.3, 0.4) is 0 Å². The van der Waals surface area contributed by atoms with Crippen molar-refractivity contribution >= 4 is 27.3 Å². The molecular formula is C16H25N3O4S2. The Balaban J connectivity index is 1.64. The van der Waals surface area contributed by atoms with Gasteiger partial charge in [0.25, 0.3) is 5.91 Å². The van der Waals surface area contributed by atoms with Gasteiger partial charge in [0.2, 0.25) is 10.0 Å². The van der Waals surface area contributed by atoms with Crippen molar-refractivity contribution in [2.24, 2.45) is 0 Å². The lowest BCUT2D eigenvalue weighted by atomic mass is 10.2. The average molecular weight is 388 g/mol. The normalized spacial score (nSPS) is 21.3. The van der Waals surface area contributed by atoms with Crippen LogP contribution in [-0.2, 0) is 14.8 Å². The summed E-state index contributed by atoms with van der Waals surface area (Å²) < 4.78 is 32.3. The van der Waals surface area contributed by atoms with Crippen LogP contribution >= 0.6 is 11.3 Å². The van der Waals surface area contributed by atoms with Crippen molar-refractivity contribution in [3.63, 3.8) is 0 Å². The van der Waals surface area contributed by atoms with Gasteiger partial charge in [-0.05, 0) is 31.2 Å². The quantitative estimate of drug-likeness (QED) is 0.787. The highest BCUT2D eigenvalue weighted by atomic mass is 32.2. The molecule has 1 atom stereocenters. The van der Waals surface area contributed by atoms with Crippen LogP contribution in [-0.4, -0.2) is 75.5 Å². The van der Waals surface area contributed by atoms with Gasteiger partial charge in [0.1, 0.15) is 9.77 Å². The maximum atomic E-state index is 12.7. The summed E-state index contributed by atoms with van der Waals surface area (Å²) in [7, 11) is -3.57. The maximum absolute atomic E-state index is 12.7. The van der Waals surface area contributed by atoms with Gasteiger partial charge in [-0.25, -0.2) is 8.42 Å². The number of thiophene rings is 1. The monoisotopic (exact) mass is 387 g/mol. The number of morpholine rings is 1. The maximum Gasteiger partial charge on any atom is 0.262 e. The topological polar surface area (TPSA) is 79.0 Å². The average Bonchev–Trinajstić information content (AvgIpc) is 3.31. The fraction of sp³-hybridized carbons (Fsp3) is 0.688. The van der Waals surface area contributed by atoms with Crippen molar-refractivity contribution < 1.29 is 17.9 Å². The van der Waals surface area contributed by atoms with Crippen LogP contribution in [0, 0.1) is 0 Å². The molecule has 3 rings (SSSR count). The standard InChI is InChI=1S/C16H25N3O4S2/c1-13(18-7-9-23-10-8-18)12-17-16(20)15-14(4-11-24-15)25(21,22)19-5-2-3-6-19/h4,11,13H,2-3,5-10,12H2,1H3,(H,17,20). The van der Waals surface area contributed by atoms with Crippen molar-refractivity contribution in [1.29, 1.82) is 0 Å². The van der Waals surface area contributed by atoms with Gasteiger partial charge in [-0.1, -0.05) is 0 Å². The fourth-order valence-electron chi connectivity index (χ4n) is 3.20. The first kappa shape index (κ1) is 18.8. The van der Waals surface area contributed by atoms with E-state index < -0.39 is 10.0 Å². The van der Waals surface area contributed by atoms with Crippen LogP contribution in [0.5, 0.6) is 0 Å². The third-order valence-corrected chi connectivity index (χ3v) is 7.73. The number of ether oxygens (including phenoxy) is 1. The van der Waals surface area contributed by atoms with E-state index in [0.717, 1.165) is 25.9 Å². The molecule has 2 saturated heterocycles. The molecule has 2 aliphatic rings. The first-order chi connectivity index (χ1) is 12.0. The fourth-order valence-corrected chi connectivity index (χ4v) is 6.04. The highest BCUT2D eigenvalue weighted by Gasteiger charge is 2.32. The molecule has 25 heavy (non-hydrogen) atoms. The van der Waals surface area contributed by atoms with Crippen molar-refractivity contribution in [2.75, 3.05) is 45.9 Å². The van der Waals surface area contributed by atoms with Crippen molar-refractivity contribution in [1.82, 2.24) is 14.5 Å².